The molecule has 61 heavy (non-hydrogen) atoms. The van der Waals surface area contributed by atoms with Gasteiger partial charge in [-0.15, -0.1) is 0 Å². The van der Waals surface area contributed by atoms with Crippen molar-refractivity contribution in [2.24, 2.45) is 5.73 Å². The average molecular weight is 901 g/mol. The summed E-state index contributed by atoms with van der Waals surface area (Å²) in [5.74, 6) is -0.937. The van der Waals surface area contributed by atoms with E-state index in [4.69, 9.17) is 33.7 Å². The third-order valence-corrected chi connectivity index (χ3v) is 11.4. The summed E-state index contributed by atoms with van der Waals surface area (Å²) in [6.07, 6.45) is 35.2. The van der Waals surface area contributed by atoms with Gasteiger partial charge in [-0.25, -0.2) is 4.79 Å². The molecule has 0 aromatic heterocycles. The van der Waals surface area contributed by atoms with Crippen LogP contribution in [0.15, 0.2) is 0 Å². The fourth-order valence-electron chi connectivity index (χ4n) is 6.85. The molecule has 1 amide bonds. The zero-order valence-electron chi connectivity index (χ0n) is 39.4. The van der Waals surface area contributed by atoms with Gasteiger partial charge in [-0.1, -0.05) is 194 Å². The minimum atomic E-state index is -4.84. The quantitative estimate of drug-likeness (QED) is 0.0197. The number of carbonyl (C=O) groups is 3. The average Bonchev–Trinajstić information content (AvgIpc) is 3.23. The van der Waals surface area contributed by atoms with Gasteiger partial charge < -0.3 is 43.9 Å². The molecule has 0 aliphatic heterocycles. The van der Waals surface area contributed by atoms with Crippen LogP contribution in [0.4, 0.5) is 4.79 Å². The Bertz CT molecular complexity index is 1030. The summed E-state index contributed by atoms with van der Waals surface area (Å²) < 4.78 is 43.2. The van der Waals surface area contributed by atoms with Crippen LogP contribution in [0.25, 0.3) is 0 Å². The molecule has 0 aromatic rings. The predicted molar refractivity (Wildman–Crippen MR) is 239 cm³/mol. The van der Waals surface area contributed by atoms with Crippen molar-refractivity contribution in [2.45, 2.75) is 225 Å². The van der Waals surface area contributed by atoms with Crippen LogP contribution in [0, 0.1) is 0 Å². The number of phosphoric ester groups is 1. The van der Waals surface area contributed by atoms with E-state index in [-0.39, 0.29) is 68.8 Å². The van der Waals surface area contributed by atoms with Crippen molar-refractivity contribution in [1.82, 2.24) is 5.32 Å². The molecule has 0 spiro atoms. The van der Waals surface area contributed by atoms with E-state index < -0.39 is 45.2 Å². The number of hydrogen-bond donors (Lipinski definition) is 2. The van der Waals surface area contributed by atoms with Crippen LogP contribution in [-0.4, -0.2) is 76.9 Å². The molecule has 0 aliphatic rings. The van der Waals surface area contributed by atoms with Crippen LogP contribution >= 0.6 is 7.82 Å². The van der Waals surface area contributed by atoms with Gasteiger partial charge in [0.1, 0.15) is 13.2 Å². The number of unbranched alkanes of at least 4 members (excludes halogenated alkanes) is 28. The van der Waals surface area contributed by atoms with Crippen molar-refractivity contribution < 1.29 is 81.4 Å². The maximum Gasteiger partial charge on any atom is 1.00 e. The second-order valence-corrected chi connectivity index (χ2v) is 17.6. The third-order valence-electron chi connectivity index (χ3n) is 10.5. The maximum atomic E-state index is 12.7. The molecule has 1 unspecified atom stereocenters. The molecule has 13 nitrogen and oxygen atoms in total. The number of amides is 1. The molecule has 0 rings (SSSR count). The smallest absolute Gasteiger partial charge is 0.756 e. The van der Waals surface area contributed by atoms with Crippen LogP contribution in [-0.2, 0) is 42.1 Å². The van der Waals surface area contributed by atoms with Gasteiger partial charge in [0.15, 0.2) is 6.10 Å². The molecule has 2 atom stereocenters. The number of esters is 2. The standard InChI is InChI=1S/C46H91N2O11P.Na/c1-3-5-7-9-11-13-15-17-19-21-23-25-27-29-31-33-44(49)56-41-43(42-58-60(52,53)57-38-36-48-46(51)55-40-39-54-37-35-47)59-45(50)34-32-30-28-26-24-22-20-18-16-14-12-10-8-6-4-2;/h43H,3-42,47H2,1-2H3,(H,48,51)(H,52,53);/q;+1/p-1/t43-;/m1./s1. The third kappa shape index (κ3) is 48.5. The van der Waals surface area contributed by atoms with Crippen molar-refractivity contribution in [1.29, 1.82) is 0 Å². The first-order valence-electron chi connectivity index (χ1n) is 24.4. The molecule has 0 saturated carbocycles. The van der Waals surface area contributed by atoms with Gasteiger partial charge in [-0.2, -0.15) is 0 Å². The van der Waals surface area contributed by atoms with Crippen LogP contribution in [0.5, 0.6) is 0 Å². The van der Waals surface area contributed by atoms with Crippen LogP contribution in [0.3, 0.4) is 0 Å². The second kappa shape index (κ2) is 48.7. The number of alkyl carbamates (subject to hydrolysis) is 1. The van der Waals surface area contributed by atoms with Crippen molar-refractivity contribution in [3.8, 4) is 0 Å². The molecule has 0 bridgehead atoms. The molecule has 0 saturated heterocycles. The van der Waals surface area contributed by atoms with Crippen molar-refractivity contribution in [3.63, 3.8) is 0 Å². The Hall–Kier alpha value is -0.760. The van der Waals surface area contributed by atoms with Crippen molar-refractivity contribution >= 4 is 25.9 Å². The molecule has 3 N–H and O–H groups in total. The minimum Gasteiger partial charge on any atom is -0.756 e. The number of rotatable bonds is 47. The molecule has 0 aromatic carbocycles. The Balaban J connectivity index is 0. The normalized spacial score (nSPS) is 12.7. The Morgan fingerprint density at radius 1 is 0.525 bits per heavy atom. The SMILES string of the molecule is CCCCCCCCCCCCCCCCCC(=O)OC[C@H](COP(=O)([O-])OCCNC(=O)OCCOCCN)OC(=O)CCCCCCCCCCCCCCCCC.[Na+]. The van der Waals surface area contributed by atoms with Crippen molar-refractivity contribution in [3.05, 3.63) is 0 Å². The van der Waals surface area contributed by atoms with Gasteiger partial charge in [0.2, 0.25) is 0 Å². The molecule has 0 radical (unpaired) electrons. The Morgan fingerprint density at radius 2 is 0.934 bits per heavy atom. The summed E-state index contributed by atoms with van der Waals surface area (Å²) in [5.41, 5.74) is 5.33. The van der Waals surface area contributed by atoms with Gasteiger partial charge in [0.05, 0.1) is 26.4 Å². The van der Waals surface area contributed by atoms with E-state index in [1.165, 1.54) is 141 Å². The molecule has 0 heterocycles. The summed E-state index contributed by atoms with van der Waals surface area (Å²) in [6.45, 7) is 3.93. The predicted octanol–water partition coefficient (Wildman–Crippen LogP) is 8.17. The van der Waals surface area contributed by atoms with Crippen LogP contribution in [0.2, 0.25) is 0 Å². The first kappa shape index (κ1) is 62.3. The fraction of sp³-hybridized carbons (Fsp3) is 0.935. The van der Waals surface area contributed by atoms with Crippen LogP contribution < -0.4 is 45.5 Å². The summed E-state index contributed by atoms with van der Waals surface area (Å²) >= 11 is 0. The largest absolute Gasteiger partial charge is 1.00 e. The van der Waals surface area contributed by atoms with E-state index in [9.17, 15) is 23.8 Å². The number of phosphoric acid groups is 1. The first-order chi connectivity index (χ1) is 29.2. The van der Waals surface area contributed by atoms with E-state index in [0.29, 0.717) is 26.0 Å². The number of nitrogens with one attached hydrogen (secondary N) is 1. The summed E-state index contributed by atoms with van der Waals surface area (Å²) in [7, 11) is -4.84. The summed E-state index contributed by atoms with van der Waals surface area (Å²) in [5, 5.41) is 2.36. The number of carbonyl (C=O) groups excluding carboxylic acids is 3. The fourth-order valence-corrected chi connectivity index (χ4v) is 7.59. The maximum absolute atomic E-state index is 12.7. The molecule has 0 fully saturated rings. The van der Waals surface area contributed by atoms with E-state index in [2.05, 4.69) is 19.2 Å². The topological polar surface area (TPSA) is 185 Å². The zero-order chi connectivity index (χ0) is 44.0. The molecular formula is C46H90N2NaO11P. The minimum absolute atomic E-state index is 0. The van der Waals surface area contributed by atoms with E-state index in [1.54, 1.807) is 0 Å². The Labute approximate surface area is 394 Å². The Kier molecular flexibility index (Phi) is 49.7. The first-order valence-corrected chi connectivity index (χ1v) is 25.8. The number of ether oxygens (including phenoxy) is 4. The van der Waals surface area contributed by atoms with Crippen LogP contribution in [0.1, 0.15) is 219 Å². The van der Waals surface area contributed by atoms with E-state index in [1.807, 2.05) is 0 Å². The number of hydrogen-bond acceptors (Lipinski definition) is 12. The van der Waals surface area contributed by atoms with Gasteiger partial charge in [0.25, 0.3) is 7.82 Å². The molecule has 356 valence electrons. The molecular weight excluding hydrogens is 810 g/mol. The molecule has 15 heteroatoms. The zero-order valence-corrected chi connectivity index (χ0v) is 42.3. The summed E-state index contributed by atoms with van der Waals surface area (Å²) in [6, 6.07) is 0. The summed E-state index contributed by atoms with van der Waals surface area (Å²) in [4.78, 5) is 49.4. The van der Waals surface area contributed by atoms with Gasteiger partial charge in [0, 0.05) is 25.9 Å². The monoisotopic (exact) mass is 901 g/mol. The van der Waals surface area contributed by atoms with E-state index >= 15 is 0 Å². The van der Waals surface area contributed by atoms with Gasteiger partial charge >= 0.3 is 47.6 Å². The Morgan fingerprint density at radius 3 is 1.36 bits per heavy atom. The number of nitrogens with two attached hydrogens (primary N) is 1. The second-order valence-electron chi connectivity index (χ2n) is 16.2. The molecule has 0 aliphatic carbocycles. The van der Waals surface area contributed by atoms with Gasteiger partial charge in [-0.05, 0) is 12.8 Å². The van der Waals surface area contributed by atoms with E-state index in [0.717, 1.165) is 38.5 Å². The van der Waals surface area contributed by atoms with Gasteiger partial charge in [-0.3, -0.25) is 14.2 Å². The van der Waals surface area contributed by atoms with Crippen molar-refractivity contribution in [2.75, 3.05) is 52.7 Å².